The summed E-state index contributed by atoms with van der Waals surface area (Å²) in [7, 11) is 0. The van der Waals surface area contributed by atoms with Crippen LogP contribution in [0, 0.1) is 10.1 Å². The van der Waals surface area contributed by atoms with Crippen molar-refractivity contribution < 1.29 is 24.0 Å². The minimum absolute atomic E-state index is 0.0659. The van der Waals surface area contributed by atoms with Crippen LogP contribution in [0.25, 0.3) is 11.1 Å². The summed E-state index contributed by atoms with van der Waals surface area (Å²) in [5, 5.41) is 11.0. The molecule has 2 rings (SSSR count). The summed E-state index contributed by atoms with van der Waals surface area (Å²) < 4.78 is 9.79. The third-order valence-corrected chi connectivity index (χ3v) is 3.59. The number of ether oxygens (including phenoxy) is 2. The smallest absolute Gasteiger partial charge is 0.423 e. The van der Waals surface area contributed by atoms with Gasteiger partial charge in [-0.15, -0.1) is 0 Å². The maximum absolute atomic E-state index is 12.1. The van der Waals surface area contributed by atoms with Crippen LogP contribution in [0.15, 0.2) is 42.5 Å². The molecule has 0 aliphatic rings. The second kappa shape index (κ2) is 8.65. The van der Waals surface area contributed by atoms with Crippen molar-refractivity contribution in [2.45, 2.75) is 13.8 Å². The van der Waals surface area contributed by atoms with Crippen molar-refractivity contribution in [3.8, 4) is 11.1 Å². The number of nitrogens with zero attached hydrogens (tertiary/aromatic N) is 2. The third kappa shape index (κ3) is 4.51. The molecule has 142 valence electrons. The number of nitrogens with two attached hydrogens (primary N) is 1. The molecule has 27 heavy (non-hydrogen) atoms. The summed E-state index contributed by atoms with van der Waals surface area (Å²) in [6, 6.07) is 10.7. The Hall–Kier alpha value is -3.62. The van der Waals surface area contributed by atoms with Gasteiger partial charge in [-0.1, -0.05) is 18.2 Å². The quantitative estimate of drug-likeness (QED) is 0.477. The number of hydrogen-bond donors (Lipinski definition) is 1. The molecule has 0 radical (unpaired) electrons. The zero-order chi connectivity index (χ0) is 20.0. The first kappa shape index (κ1) is 19.7. The van der Waals surface area contributed by atoms with Crippen LogP contribution in [0.3, 0.4) is 0 Å². The van der Waals surface area contributed by atoms with E-state index < -0.39 is 17.1 Å². The molecule has 2 aromatic rings. The number of benzene rings is 2. The van der Waals surface area contributed by atoms with Gasteiger partial charge in [0.1, 0.15) is 5.69 Å². The van der Waals surface area contributed by atoms with Gasteiger partial charge in [0.2, 0.25) is 0 Å². The SMILES string of the molecule is CCOC(=O)N(C(=O)OCC)c1ccc(-c2ccc(N)c([N+](=O)[O-])c2)cc1. The van der Waals surface area contributed by atoms with Gasteiger partial charge in [-0.3, -0.25) is 10.1 Å². The van der Waals surface area contributed by atoms with Crippen LogP contribution >= 0.6 is 0 Å². The summed E-state index contributed by atoms with van der Waals surface area (Å²) in [6.07, 6.45) is -1.71. The lowest BCUT2D eigenvalue weighted by molar-refractivity contribution is -0.383. The van der Waals surface area contributed by atoms with Crippen molar-refractivity contribution in [2.75, 3.05) is 23.8 Å². The highest BCUT2D eigenvalue weighted by Gasteiger charge is 2.26. The average molecular weight is 373 g/mol. The lowest BCUT2D eigenvalue weighted by Gasteiger charge is -2.19. The molecular formula is C18H19N3O6. The van der Waals surface area contributed by atoms with Gasteiger partial charge in [0.05, 0.1) is 23.8 Å². The van der Waals surface area contributed by atoms with E-state index in [4.69, 9.17) is 15.2 Å². The summed E-state index contributed by atoms with van der Waals surface area (Å²) in [6.45, 7) is 3.44. The van der Waals surface area contributed by atoms with E-state index in [2.05, 4.69) is 0 Å². The van der Waals surface area contributed by atoms with E-state index in [1.54, 1.807) is 32.0 Å². The van der Waals surface area contributed by atoms with Crippen molar-refractivity contribution >= 4 is 29.2 Å². The molecule has 9 nitrogen and oxygen atoms in total. The van der Waals surface area contributed by atoms with Crippen molar-refractivity contribution in [1.82, 2.24) is 0 Å². The van der Waals surface area contributed by atoms with Gasteiger partial charge in [0, 0.05) is 6.07 Å². The van der Waals surface area contributed by atoms with E-state index in [-0.39, 0.29) is 30.3 Å². The summed E-state index contributed by atoms with van der Waals surface area (Å²) in [4.78, 5) is 35.4. The fourth-order valence-electron chi connectivity index (χ4n) is 2.35. The van der Waals surface area contributed by atoms with Crippen LogP contribution < -0.4 is 10.6 Å². The van der Waals surface area contributed by atoms with Crippen molar-refractivity contribution in [1.29, 1.82) is 0 Å². The Morgan fingerprint density at radius 3 is 2.00 bits per heavy atom. The van der Waals surface area contributed by atoms with E-state index in [1.807, 2.05) is 0 Å². The number of carbonyl (C=O) groups is 2. The van der Waals surface area contributed by atoms with Crippen molar-refractivity contribution in [3.63, 3.8) is 0 Å². The number of anilines is 2. The van der Waals surface area contributed by atoms with E-state index in [0.29, 0.717) is 11.1 Å². The van der Waals surface area contributed by atoms with Crippen LogP contribution in [0.2, 0.25) is 0 Å². The molecule has 0 aliphatic carbocycles. The fraction of sp³-hybridized carbons (Fsp3) is 0.222. The first-order valence-electron chi connectivity index (χ1n) is 8.17. The van der Waals surface area contributed by atoms with Gasteiger partial charge in [-0.05, 0) is 43.2 Å². The summed E-state index contributed by atoms with van der Waals surface area (Å²) in [5.74, 6) is 0. The van der Waals surface area contributed by atoms with Crippen LogP contribution in [0.5, 0.6) is 0 Å². The summed E-state index contributed by atoms with van der Waals surface area (Å²) in [5.41, 5.74) is 6.94. The molecule has 0 saturated carbocycles. The Bertz CT molecular complexity index is 833. The van der Waals surface area contributed by atoms with E-state index in [1.165, 1.54) is 24.3 Å². The molecule has 9 heteroatoms. The molecule has 0 aromatic heterocycles. The van der Waals surface area contributed by atoms with Gasteiger partial charge < -0.3 is 15.2 Å². The van der Waals surface area contributed by atoms with Gasteiger partial charge in [0.25, 0.3) is 5.69 Å². The largest absolute Gasteiger partial charge is 0.449 e. The molecule has 0 spiro atoms. The number of carbonyl (C=O) groups excluding carboxylic acids is 2. The molecule has 0 unspecified atom stereocenters. The molecule has 0 fully saturated rings. The van der Waals surface area contributed by atoms with Crippen LogP contribution in [-0.4, -0.2) is 30.3 Å². The maximum atomic E-state index is 12.1. The molecule has 2 amide bonds. The number of nitrogen functional groups attached to an aromatic ring is 1. The lowest BCUT2D eigenvalue weighted by atomic mass is 10.0. The fourth-order valence-corrected chi connectivity index (χ4v) is 2.35. The van der Waals surface area contributed by atoms with Gasteiger partial charge in [0.15, 0.2) is 0 Å². The Morgan fingerprint density at radius 2 is 1.52 bits per heavy atom. The standard InChI is InChI=1S/C18H19N3O6/c1-3-26-17(22)20(18(23)27-4-2)14-8-5-12(6-9-14)13-7-10-15(19)16(11-13)21(24)25/h5-11H,3-4,19H2,1-2H3. The average Bonchev–Trinajstić information content (AvgIpc) is 2.63. The molecule has 0 heterocycles. The molecular weight excluding hydrogens is 354 g/mol. The van der Waals surface area contributed by atoms with Gasteiger partial charge in [-0.2, -0.15) is 4.90 Å². The zero-order valence-corrected chi connectivity index (χ0v) is 14.9. The topological polar surface area (TPSA) is 125 Å². The first-order chi connectivity index (χ1) is 12.9. The number of hydrogen-bond acceptors (Lipinski definition) is 7. The molecule has 0 aliphatic heterocycles. The molecule has 0 saturated heterocycles. The predicted molar refractivity (Wildman–Crippen MR) is 99.5 cm³/mol. The highest BCUT2D eigenvalue weighted by molar-refractivity contribution is 6.09. The maximum Gasteiger partial charge on any atom is 0.423 e. The minimum Gasteiger partial charge on any atom is -0.449 e. The highest BCUT2D eigenvalue weighted by atomic mass is 16.6. The normalized spacial score (nSPS) is 10.1. The van der Waals surface area contributed by atoms with Gasteiger partial charge in [-0.25, -0.2) is 9.59 Å². The lowest BCUT2D eigenvalue weighted by Crippen LogP contribution is -2.37. The van der Waals surface area contributed by atoms with Crippen LogP contribution in [0.4, 0.5) is 26.7 Å². The number of amides is 2. The minimum atomic E-state index is -0.855. The zero-order valence-electron chi connectivity index (χ0n) is 14.9. The number of rotatable bonds is 5. The number of imide groups is 1. The Labute approximate surface area is 155 Å². The van der Waals surface area contributed by atoms with Crippen molar-refractivity contribution in [3.05, 3.63) is 52.6 Å². The van der Waals surface area contributed by atoms with E-state index in [9.17, 15) is 19.7 Å². The Morgan fingerprint density at radius 1 is 1.00 bits per heavy atom. The van der Waals surface area contributed by atoms with E-state index in [0.717, 1.165) is 4.90 Å². The number of nitro benzene ring substituents is 1. The van der Waals surface area contributed by atoms with E-state index >= 15 is 0 Å². The van der Waals surface area contributed by atoms with Crippen LogP contribution in [0.1, 0.15) is 13.8 Å². The predicted octanol–water partition coefficient (Wildman–Crippen LogP) is 3.96. The Kier molecular flexibility index (Phi) is 6.32. The van der Waals surface area contributed by atoms with Crippen LogP contribution in [-0.2, 0) is 9.47 Å². The second-order valence-electron chi connectivity index (χ2n) is 5.31. The molecule has 2 N–H and O–H groups in total. The molecule has 0 bridgehead atoms. The highest BCUT2D eigenvalue weighted by Crippen LogP contribution is 2.30. The second-order valence-corrected chi connectivity index (χ2v) is 5.31. The molecule has 0 atom stereocenters. The van der Waals surface area contributed by atoms with Crippen molar-refractivity contribution in [2.24, 2.45) is 0 Å². The van der Waals surface area contributed by atoms with Gasteiger partial charge >= 0.3 is 12.2 Å². The molecule has 2 aromatic carbocycles. The Balaban J connectivity index is 2.36. The third-order valence-electron chi connectivity index (χ3n) is 3.59. The summed E-state index contributed by atoms with van der Waals surface area (Å²) >= 11 is 0. The monoisotopic (exact) mass is 373 g/mol. The number of nitro groups is 1. The first-order valence-corrected chi connectivity index (χ1v) is 8.17.